The van der Waals surface area contributed by atoms with Gasteiger partial charge in [0.05, 0.1) is 30.5 Å². The molecular formula is C38H49N5O11. The lowest BCUT2D eigenvalue weighted by molar-refractivity contribution is -0.134. The van der Waals surface area contributed by atoms with Crippen LogP contribution in [0.5, 0.6) is 0 Å². The number of piperidine rings is 1. The van der Waals surface area contributed by atoms with Gasteiger partial charge >= 0.3 is 23.9 Å². The van der Waals surface area contributed by atoms with Gasteiger partial charge in [-0.25, -0.2) is 19.2 Å². The lowest BCUT2D eigenvalue weighted by Gasteiger charge is -2.32. The fourth-order valence-electron chi connectivity index (χ4n) is 5.44. The average molecular weight is 752 g/mol. The summed E-state index contributed by atoms with van der Waals surface area (Å²) in [5.41, 5.74) is 6.20. The van der Waals surface area contributed by atoms with Gasteiger partial charge in [0.2, 0.25) is 0 Å². The molecule has 0 atom stereocenters. The second-order valence-electron chi connectivity index (χ2n) is 12.2. The molecule has 6 N–H and O–H groups in total. The third-order valence-corrected chi connectivity index (χ3v) is 8.14. The number of nitriles is 1. The first kappa shape index (κ1) is 44.7. The molecular weight excluding hydrogens is 702 g/mol. The van der Waals surface area contributed by atoms with Gasteiger partial charge in [0.25, 0.3) is 0 Å². The van der Waals surface area contributed by atoms with Crippen LogP contribution in [-0.4, -0.2) is 108 Å². The molecule has 0 radical (unpaired) electrons. The Morgan fingerprint density at radius 3 is 1.91 bits per heavy atom. The maximum absolute atomic E-state index is 9.55. The monoisotopic (exact) mass is 751 g/mol. The molecule has 0 bridgehead atoms. The summed E-state index contributed by atoms with van der Waals surface area (Å²) >= 11 is 0. The number of fused-ring (bicyclic) bond motifs is 1. The van der Waals surface area contributed by atoms with Crippen LogP contribution in [0.4, 0.5) is 0 Å². The van der Waals surface area contributed by atoms with Crippen LogP contribution in [0.2, 0.25) is 0 Å². The van der Waals surface area contributed by atoms with Crippen molar-refractivity contribution in [1.29, 1.82) is 5.26 Å². The minimum Gasteiger partial charge on any atom is -0.478 e. The van der Waals surface area contributed by atoms with Crippen molar-refractivity contribution in [3.63, 3.8) is 0 Å². The second-order valence-corrected chi connectivity index (χ2v) is 12.2. The molecule has 16 heteroatoms. The van der Waals surface area contributed by atoms with Crippen molar-refractivity contribution < 1.29 is 53.6 Å². The number of benzene rings is 2. The standard InChI is InChI=1S/C28H34N4O3.2C4H4O4.C2H7N/c1-20-24(18-30-17-23-4-2-22(16-29)3-5-23)7-8-25-26(31-35-28(20)25)9-6-21-10-12-32(13-11-21)19-27-33-14-15-34-27;2*5-3(6)1-2-4(7)8;1-3-2/h2-5,7-8,21,27,30H,6,9-15,17-19H2,1H3;2*1-2H,(H,5,6)(H,7,8);3H,1-2H3. The Morgan fingerprint density at radius 1 is 0.870 bits per heavy atom. The third-order valence-electron chi connectivity index (χ3n) is 8.14. The van der Waals surface area contributed by atoms with Crippen molar-refractivity contribution >= 4 is 34.8 Å². The van der Waals surface area contributed by atoms with E-state index < -0.39 is 23.9 Å². The zero-order valence-electron chi connectivity index (χ0n) is 30.7. The summed E-state index contributed by atoms with van der Waals surface area (Å²) in [5.74, 6) is -4.30. The maximum atomic E-state index is 9.55. The molecule has 2 fully saturated rings. The number of carbonyl (C=O) groups is 4. The predicted octanol–water partition coefficient (Wildman–Crippen LogP) is 3.57. The van der Waals surface area contributed by atoms with E-state index in [0.717, 1.165) is 92.5 Å². The normalized spacial score (nSPS) is 14.7. The molecule has 3 aromatic rings. The number of nitrogens with one attached hydrogen (secondary N) is 2. The summed E-state index contributed by atoms with van der Waals surface area (Å²) in [4.78, 5) is 40.7. The van der Waals surface area contributed by atoms with Gasteiger partial charge in [-0.05, 0) is 101 Å². The van der Waals surface area contributed by atoms with Crippen LogP contribution in [0, 0.1) is 24.2 Å². The number of carboxylic acid groups (broad SMARTS) is 4. The summed E-state index contributed by atoms with van der Waals surface area (Å²) in [5, 5.41) is 52.0. The number of aromatic nitrogens is 1. The number of hydrogen-bond donors (Lipinski definition) is 6. The van der Waals surface area contributed by atoms with Crippen molar-refractivity contribution in [3.8, 4) is 6.07 Å². The van der Waals surface area contributed by atoms with Gasteiger partial charge in [-0.2, -0.15) is 5.26 Å². The van der Waals surface area contributed by atoms with E-state index >= 15 is 0 Å². The molecule has 0 saturated carbocycles. The van der Waals surface area contributed by atoms with E-state index in [1.54, 1.807) is 0 Å². The Bertz CT molecular complexity index is 1670. The minimum atomic E-state index is -1.26. The second kappa shape index (κ2) is 24.7. The molecule has 2 aromatic carbocycles. The van der Waals surface area contributed by atoms with Crippen molar-refractivity contribution in [2.75, 3.05) is 46.9 Å². The van der Waals surface area contributed by atoms with Crippen LogP contribution < -0.4 is 10.6 Å². The van der Waals surface area contributed by atoms with Crippen LogP contribution >= 0.6 is 0 Å². The van der Waals surface area contributed by atoms with Gasteiger partial charge in [-0.1, -0.05) is 23.4 Å². The summed E-state index contributed by atoms with van der Waals surface area (Å²) < 4.78 is 17.0. The van der Waals surface area contributed by atoms with Crippen LogP contribution in [0.1, 0.15) is 47.2 Å². The zero-order valence-corrected chi connectivity index (χ0v) is 30.7. The SMILES string of the molecule is CNC.Cc1c(CNCc2ccc(C#N)cc2)ccc2c(CCC3CCN(CC4OCCO4)CC3)noc12.O=C(O)C=CC(=O)O.O=C(O)C=CC(=O)O. The Balaban J connectivity index is 0.000000439. The van der Waals surface area contributed by atoms with Crippen molar-refractivity contribution in [1.82, 2.24) is 20.7 Å². The largest absolute Gasteiger partial charge is 0.478 e. The smallest absolute Gasteiger partial charge is 0.328 e. The zero-order chi connectivity index (χ0) is 39.9. The number of rotatable bonds is 13. The quantitative estimate of drug-likeness (QED) is 0.137. The first-order valence-corrected chi connectivity index (χ1v) is 17.2. The topological polar surface area (TPSA) is 245 Å². The third kappa shape index (κ3) is 17.4. The van der Waals surface area contributed by atoms with Crippen LogP contribution in [0.15, 0.2) is 65.2 Å². The van der Waals surface area contributed by atoms with Gasteiger partial charge in [0, 0.05) is 49.3 Å². The molecule has 1 aromatic heterocycles. The Hall–Kier alpha value is -5.44. The van der Waals surface area contributed by atoms with Gasteiger partial charge in [-0.3, -0.25) is 4.90 Å². The number of likely N-dealkylation sites (tertiary alicyclic amines) is 1. The highest BCUT2D eigenvalue weighted by atomic mass is 16.7. The molecule has 54 heavy (non-hydrogen) atoms. The predicted molar refractivity (Wildman–Crippen MR) is 197 cm³/mol. The fourth-order valence-corrected chi connectivity index (χ4v) is 5.44. The number of ether oxygens (including phenoxy) is 2. The Morgan fingerprint density at radius 2 is 1.41 bits per heavy atom. The molecule has 2 saturated heterocycles. The van der Waals surface area contributed by atoms with E-state index in [1.165, 1.54) is 18.4 Å². The molecule has 0 amide bonds. The molecule has 3 heterocycles. The van der Waals surface area contributed by atoms with Crippen LogP contribution in [-0.2, 0) is 48.2 Å². The number of aliphatic carboxylic acids is 4. The molecule has 2 aliphatic rings. The first-order chi connectivity index (χ1) is 25.9. The first-order valence-electron chi connectivity index (χ1n) is 17.2. The summed E-state index contributed by atoms with van der Waals surface area (Å²) in [7, 11) is 3.75. The molecule has 2 aliphatic heterocycles. The molecule has 0 spiro atoms. The summed E-state index contributed by atoms with van der Waals surface area (Å²) in [6, 6.07) is 14.2. The lowest BCUT2D eigenvalue weighted by Crippen LogP contribution is -2.39. The molecule has 292 valence electrons. The lowest BCUT2D eigenvalue weighted by atomic mass is 9.91. The Kier molecular flexibility index (Phi) is 20.5. The number of carboxylic acids is 4. The highest BCUT2D eigenvalue weighted by molar-refractivity contribution is 5.90. The van der Waals surface area contributed by atoms with Crippen molar-refractivity contribution in [3.05, 3.63) is 88.7 Å². The van der Waals surface area contributed by atoms with E-state index in [1.807, 2.05) is 38.4 Å². The maximum Gasteiger partial charge on any atom is 0.328 e. The summed E-state index contributed by atoms with van der Waals surface area (Å²) in [6.45, 7) is 8.20. The van der Waals surface area contributed by atoms with E-state index in [0.29, 0.717) is 29.9 Å². The van der Waals surface area contributed by atoms with E-state index in [-0.39, 0.29) is 6.29 Å². The Labute approximate surface area is 313 Å². The van der Waals surface area contributed by atoms with E-state index in [4.69, 9.17) is 39.7 Å². The van der Waals surface area contributed by atoms with Crippen LogP contribution in [0.3, 0.4) is 0 Å². The molecule has 0 aliphatic carbocycles. The van der Waals surface area contributed by atoms with E-state index in [9.17, 15) is 19.2 Å². The van der Waals surface area contributed by atoms with Gasteiger partial charge in [0.15, 0.2) is 11.9 Å². The van der Waals surface area contributed by atoms with Crippen LogP contribution in [0.25, 0.3) is 11.0 Å². The molecule has 16 nitrogen and oxygen atoms in total. The number of hydrogen-bond acceptors (Lipinski definition) is 12. The molecule has 5 rings (SSSR count). The van der Waals surface area contributed by atoms with E-state index in [2.05, 4.69) is 45.8 Å². The van der Waals surface area contributed by atoms with Gasteiger partial charge < -0.3 is 45.1 Å². The van der Waals surface area contributed by atoms with Crippen molar-refractivity contribution in [2.45, 2.75) is 52.0 Å². The fraction of sp³-hybridized carbons (Fsp3) is 0.421. The number of nitrogens with zero attached hydrogens (tertiary/aromatic N) is 3. The van der Waals surface area contributed by atoms with Crippen molar-refractivity contribution in [2.24, 2.45) is 5.92 Å². The minimum absolute atomic E-state index is 0.0349. The average Bonchev–Trinajstić information content (AvgIpc) is 3.82. The highest BCUT2D eigenvalue weighted by Gasteiger charge is 2.25. The van der Waals surface area contributed by atoms with Gasteiger partial charge in [0.1, 0.15) is 0 Å². The van der Waals surface area contributed by atoms with Gasteiger partial charge in [-0.15, -0.1) is 0 Å². The summed E-state index contributed by atoms with van der Waals surface area (Å²) in [6.07, 6.45) is 6.75. The number of aryl methyl sites for hydroxylation is 2. The molecule has 0 unspecified atom stereocenters. The highest BCUT2D eigenvalue weighted by Crippen LogP contribution is 2.28.